The zero-order valence-corrected chi connectivity index (χ0v) is 17.8. The minimum absolute atomic E-state index is 0.318. The SMILES string of the molecule is COc1cc(-c2nc3ccc(Br)cc3[nH]2)ccc1OCC#CCN1CCOCC1. The first-order valence-electron chi connectivity index (χ1n) is 9.45. The van der Waals surface area contributed by atoms with Crippen molar-refractivity contribution in [3.63, 3.8) is 0 Å². The van der Waals surface area contributed by atoms with Crippen LogP contribution in [0.25, 0.3) is 22.4 Å². The van der Waals surface area contributed by atoms with E-state index >= 15 is 0 Å². The largest absolute Gasteiger partial charge is 0.493 e. The zero-order valence-electron chi connectivity index (χ0n) is 16.2. The molecule has 1 aromatic heterocycles. The molecule has 6 nitrogen and oxygen atoms in total. The molecule has 0 aliphatic carbocycles. The van der Waals surface area contributed by atoms with Crippen LogP contribution in [0.5, 0.6) is 11.5 Å². The maximum Gasteiger partial charge on any atom is 0.162 e. The monoisotopic (exact) mass is 455 g/mol. The number of aromatic amines is 1. The number of nitrogens with one attached hydrogen (secondary N) is 1. The predicted octanol–water partition coefficient (Wildman–Crippen LogP) is 3.72. The van der Waals surface area contributed by atoms with E-state index in [4.69, 9.17) is 14.2 Å². The van der Waals surface area contributed by atoms with Gasteiger partial charge in [0.05, 0.1) is 37.9 Å². The highest BCUT2D eigenvalue weighted by molar-refractivity contribution is 9.10. The van der Waals surface area contributed by atoms with Crippen LogP contribution < -0.4 is 9.47 Å². The summed E-state index contributed by atoms with van der Waals surface area (Å²) < 4.78 is 17.7. The zero-order chi connectivity index (χ0) is 20.1. The Morgan fingerprint density at radius 2 is 2.00 bits per heavy atom. The second kappa shape index (κ2) is 9.31. The van der Waals surface area contributed by atoms with Crippen LogP contribution in [0.2, 0.25) is 0 Å². The molecule has 1 N–H and O–H groups in total. The van der Waals surface area contributed by atoms with E-state index in [1.165, 1.54) is 0 Å². The summed E-state index contributed by atoms with van der Waals surface area (Å²) in [6, 6.07) is 11.7. The lowest BCUT2D eigenvalue weighted by atomic mass is 10.2. The van der Waals surface area contributed by atoms with Gasteiger partial charge in [-0.3, -0.25) is 4.90 Å². The van der Waals surface area contributed by atoms with Crippen LogP contribution in [0.15, 0.2) is 40.9 Å². The van der Waals surface area contributed by atoms with Crippen molar-refractivity contribution in [2.75, 3.05) is 46.6 Å². The van der Waals surface area contributed by atoms with Gasteiger partial charge in [-0.1, -0.05) is 27.8 Å². The van der Waals surface area contributed by atoms with Gasteiger partial charge in [-0.2, -0.15) is 0 Å². The Hall–Kier alpha value is -2.53. The van der Waals surface area contributed by atoms with Gasteiger partial charge in [0, 0.05) is 23.1 Å². The lowest BCUT2D eigenvalue weighted by Gasteiger charge is -2.24. The second-order valence-electron chi connectivity index (χ2n) is 6.64. The number of H-pyrrole nitrogens is 1. The van der Waals surface area contributed by atoms with Crippen LogP contribution in [0.3, 0.4) is 0 Å². The molecule has 1 aliphatic heterocycles. The Bertz CT molecular complexity index is 1050. The Morgan fingerprint density at radius 1 is 1.14 bits per heavy atom. The lowest BCUT2D eigenvalue weighted by Crippen LogP contribution is -2.36. The molecule has 4 rings (SSSR count). The number of halogens is 1. The van der Waals surface area contributed by atoms with E-state index in [9.17, 15) is 0 Å². The highest BCUT2D eigenvalue weighted by Gasteiger charge is 2.11. The van der Waals surface area contributed by atoms with Crippen LogP contribution in [0.1, 0.15) is 0 Å². The number of benzene rings is 2. The van der Waals surface area contributed by atoms with Crippen molar-refractivity contribution in [2.24, 2.45) is 0 Å². The van der Waals surface area contributed by atoms with Crippen LogP contribution in [-0.4, -0.2) is 61.4 Å². The van der Waals surface area contributed by atoms with Gasteiger partial charge >= 0.3 is 0 Å². The maximum absolute atomic E-state index is 5.80. The Labute approximate surface area is 178 Å². The molecule has 2 heterocycles. The van der Waals surface area contributed by atoms with Crippen molar-refractivity contribution in [1.82, 2.24) is 14.9 Å². The molecule has 0 spiro atoms. The summed E-state index contributed by atoms with van der Waals surface area (Å²) in [7, 11) is 1.63. The Morgan fingerprint density at radius 3 is 2.83 bits per heavy atom. The van der Waals surface area contributed by atoms with Crippen molar-refractivity contribution in [1.29, 1.82) is 0 Å². The lowest BCUT2D eigenvalue weighted by molar-refractivity contribution is 0.0443. The van der Waals surface area contributed by atoms with Crippen LogP contribution in [-0.2, 0) is 4.74 Å². The van der Waals surface area contributed by atoms with Crippen molar-refractivity contribution < 1.29 is 14.2 Å². The summed E-state index contributed by atoms with van der Waals surface area (Å²) in [5, 5.41) is 0. The van der Waals surface area contributed by atoms with Crippen molar-refractivity contribution >= 4 is 27.0 Å². The number of hydrogen-bond acceptors (Lipinski definition) is 5. The van der Waals surface area contributed by atoms with Crippen LogP contribution in [0.4, 0.5) is 0 Å². The summed E-state index contributed by atoms with van der Waals surface area (Å²) >= 11 is 3.48. The number of nitrogens with zero attached hydrogens (tertiary/aromatic N) is 2. The summed E-state index contributed by atoms with van der Waals surface area (Å²) in [4.78, 5) is 10.3. The number of fused-ring (bicyclic) bond motifs is 1. The van der Waals surface area contributed by atoms with E-state index in [1.54, 1.807) is 7.11 Å². The van der Waals surface area contributed by atoms with Crippen molar-refractivity contribution in [3.8, 4) is 34.7 Å². The van der Waals surface area contributed by atoms with Crippen LogP contribution >= 0.6 is 15.9 Å². The fourth-order valence-corrected chi connectivity index (χ4v) is 3.51. The third kappa shape index (κ3) is 4.91. The molecule has 0 bridgehead atoms. The molecular formula is C22H22BrN3O3. The fraction of sp³-hybridized carbons (Fsp3) is 0.318. The second-order valence-corrected chi connectivity index (χ2v) is 7.56. The molecule has 1 fully saturated rings. The molecule has 29 heavy (non-hydrogen) atoms. The molecule has 150 valence electrons. The number of ether oxygens (including phenoxy) is 3. The normalized spacial score (nSPS) is 14.4. The molecule has 0 unspecified atom stereocenters. The highest BCUT2D eigenvalue weighted by Crippen LogP contribution is 2.32. The molecule has 2 aromatic carbocycles. The standard InChI is InChI=1S/C22H22BrN3O3/c1-27-21-14-16(22-24-18-6-5-17(23)15-19(18)25-22)4-7-20(21)29-11-3-2-8-26-9-12-28-13-10-26/h4-7,14-15H,8-13H2,1H3,(H,24,25). The van der Waals surface area contributed by atoms with Gasteiger partial charge in [0.2, 0.25) is 0 Å². The van der Waals surface area contributed by atoms with Gasteiger partial charge in [-0.05, 0) is 36.4 Å². The molecule has 3 aromatic rings. The van der Waals surface area contributed by atoms with Gasteiger partial charge in [0.1, 0.15) is 12.4 Å². The van der Waals surface area contributed by atoms with E-state index in [0.717, 1.165) is 59.7 Å². The summed E-state index contributed by atoms with van der Waals surface area (Å²) in [5.74, 6) is 8.32. The number of aromatic nitrogens is 2. The Kier molecular flexibility index (Phi) is 6.35. The summed E-state index contributed by atoms with van der Waals surface area (Å²) in [5.41, 5.74) is 2.82. The number of imidazole rings is 1. The first-order valence-corrected chi connectivity index (χ1v) is 10.2. The molecule has 0 radical (unpaired) electrons. The number of hydrogen-bond donors (Lipinski definition) is 1. The van der Waals surface area contributed by atoms with Gasteiger partial charge < -0.3 is 19.2 Å². The quantitative estimate of drug-likeness (QED) is 0.594. The van der Waals surface area contributed by atoms with Crippen molar-refractivity contribution in [2.45, 2.75) is 0 Å². The molecule has 1 saturated heterocycles. The smallest absolute Gasteiger partial charge is 0.162 e. The van der Waals surface area contributed by atoms with Gasteiger partial charge in [-0.25, -0.2) is 4.98 Å². The number of rotatable bonds is 5. The van der Waals surface area contributed by atoms with E-state index in [2.05, 4.69) is 42.6 Å². The average Bonchev–Trinajstić information content (AvgIpc) is 3.17. The number of morpholine rings is 1. The topological polar surface area (TPSA) is 59.6 Å². The van der Waals surface area contributed by atoms with Gasteiger partial charge in [0.25, 0.3) is 0 Å². The predicted molar refractivity (Wildman–Crippen MR) is 116 cm³/mol. The Balaban J connectivity index is 1.42. The maximum atomic E-state index is 5.80. The minimum atomic E-state index is 0.318. The van der Waals surface area contributed by atoms with E-state index in [0.29, 0.717) is 18.1 Å². The minimum Gasteiger partial charge on any atom is -0.493 e. The number of methoxy groups -OCH3 is 1. The third-order valence-electron chi connectivity index (χ3n) is 4.71. The summed E-state index contributed by atoms with van der Waals surface area (Å²) in [6.07, 6.45) is 0. The third-order valence-corrected chi connectivity index (χ3v) is 5.21. The van der Waals surface area contributed by atoms with Gasteiger partial charge in [0.15, 0.2) is 11.5 Å². The molecular weight excluding hydrogens is 434 g/mol. The first-order chi connectivity index (χ1) is 14.2. The highest BCUT2D eigenvalue weighted by atomic mass is 79.9. The molecule has 0 saturated carbocycles. The van der Waals surface area contributed by atoms with E-state index in [1.807, 2.05) is 36.4 Å². The molecule has 1 aliphatic rings. The first kappa shape index (κ1) is 19.8. The molecule has 0 amide bonds. The summed E-state index contributed by atoms with van der Waals surface area (Å²) in [6.45, 7) is 4.49. The molecule has 0 atom stereocenters. The van der Waals surface area contributed by atoms with Crippen LogP contribution in [0, 0.1) is 11.8 Å². The molecule has 7 heteroatoms. The van der Waals surface area contributed by atoms with Gasteiger partial charge in [-0.15, -0.1) is 0 Å². The fourth-order valence-electron chi connectivity index (χ4n) is 3.14. The average molecular weight is 456 g/mol. The van der Waals surface area contributed by atoms with Crippen molar-refractivity contribution in [3.05, 3.63) is 40.9 Å². The van der Waals surface area contributed by atoms with E-state index in [-0.39, 0.29) is 0 Å². The van der Waals surface area contributed by atoms with E-state index < -0.39 is 0 Å².